The summed E-state index contributed by atoms with van der Waals surface area (Å²) in [5, 5.41) is 9.54. The third kappa shape index (κ3) is 1.66. The number of nitrogens with one attached hydrogen (secondary N) is 1. The lowest BCUT2D eigenvalue weighted by Crippen LogP contribution is -2.27. The maximum absolute atomic E-state index is 12.1. The Bertz CT molecular complexity index is 632. The second-order valence-electron chi connectivity index (χ2n) is 3.54. The van der Waals surface area contributed by atoms with Crippen LogP contribution in [-0.2, 0) is 0 Å². The summed E-state index contributed by atoms with van der Waals surface area (Å²) in [6.07, 6.45) is 1.59. The third-order valence-corrected chi connectivity index (χ3v) is 2.70. The van der Waals surface area contributed by atoms with Gasteiger partial charge < -0.3 is 10.1 Å². The standard InChI is InChI=1S/C10H11N3O2S/c1-6(5-14)13-9(15)7-3-2-4-11-8(7)12-10(13)16/h2-4,6,14H,5H2,1H3,(H,11,12,16)/t6-/m0/s1. The van der Waals surface area contributed by atoms with Crippen LogP contribution >= 0.6 is 12.2 Å². The van der Waals surface area contributed by atoms with E-state index >= 15 is 0 Å². The molecule has 0 aromatic carbocycles. The number of aliphatic hydroxyl groups excluding tert-OH is 1. The topological polar surface area (TPSA) is 70.9 Å². The first-order chi connectivity index (χ1) is 7.65. The van der Waals surface area contributed by atoms with E-state index in [0.29, 0.717) is 11.0 Å². The number of hydrogen-bond donors (Lipinski definition) is 2. The Balaban J connectivity index is 2.87. The van der Waals surface area contributed by atoms with Crippen LogP contribution in [0.5, 0.6) is 0 Å². The summed E-state index contributed by atoms with van der Waals surface area (Å²) in [5.74, 6) is 0. The zero-order chi connectivity index (χ0) is 11.7. The molecule has 1 atom stereocenters. The van der Waals surface area contributed by atoms with Gasteiger partial charge in [0.25, 0.3) is 5.56 Å². The summed E-state index contributed by atoms with van der Waals surface area (Å²) in [5.41, 5.74) is 0.243. The molecule has 5 nitrogen and oxygen atoms in total. The molecule has 6 heteroatoms. The van der Waals surface area contributed by atoms with Crippen molar-refractivity contribution < 1.29 is 5.11 Å². The number of fused-ring (bicyclic) bond motifs is 1. The molecule has 0 saturated carbocycles. The second kappa shape index (κ2) is 4.15. The van der Waals surface area contributed by atoms with Crippen LogP contribution in [0.25, 0.3) is 11.0 Å². The van der Waals surface area contributed by atoms with Crippen molar-refractivity contribution >= 4 is 23.3 Å². The molecule has 2 heterocycles. The van der Waals surface area contributed by atoms with E-state index in [1.807, 2.05) is 0 Å². The molecule has 2 rings (SSSR count). The maximum Gasteiger partial charge on any atom is 0.264 e. The average Bonchev–Trinajstić information content (AvgIpc) is 2.28. The largest absolute Gasteiger partial charge is 0.394 e. The number of rotatable bonds is 2. The number of aromatic amines is 1. The zero-order valence-electron chi connectivity index (χ0n) is 8.67. The normalized spacial score (nSPS) is 12.9. The Morgan fingerprint density at radius 3 is 3.12 bits per heavy atom. The summed E-state index contributed by atoms with van der Waals surface area (Å²) in [4.78, 5) is 19.0. The number of nitrogens with zero attached hydrogens (tertiary/aromatic N) is 2. The molecule has 0 aliphatic rings. The number of pyridine rings is 1. The summed E-state index contributed by atoms with van der Waals surface area (Å²) in [7, 11) is 0. The first-order valence-electron chi connectivity index (χ1n) is 4.85. The molecule has 0 aliphatic heterocycles. The molecule has 0 bridgehead atoms. The Kier molecular flexibility index (Phi) is 2.84. The van der Waals surface area contributed by atoms with Crippen molar-refractivity contribution in [3.63, 3.8) is 0 Å². The van der Waals surface area contributed by atoms with Crippen LogP contribution in [0.4, 0.5) is 0 Å². The van der Waals surface area contributed by atoms with Gasteiger partial charge in [-0.3, -0.25) is 9.36 Å². The van der Waals surface area contributed by atoms with Crippen molar-refractivity contribution in [1.82, 2.24) is 14.5 Å². The van der Waals surface area contributed by atoms with E-state index in [9.17, 15) is 4.79 Å². The van der Waals surface area contributed by atoms with Gasteiger partial charge in [0.05, 0.1) is 18.0 Å². The number of H-pyrrole nitrogens is 1. The van der Waals surface area contributed by atoms with E-state index in [0.717, 1.165) is 0 Å². The van der Waals surface area contributed by atoms with E-state index in [-0.39, 0.29) is 23.0 Å². The van der Waals surface area contributed by atoms with Gasteiger partial charge in [0.2, 0.25) is 0 Å². The highest BCUT2D eigenvalue weighted by Gasteiger charge is 2.10. The third-order valence-electron chi connectivity index (χ3n) is 2.41. The summed E-state index contributed by atoms with van der Waals surface area (Å²) in [6.45, 7) is 1.59. The fraction of sp³-hybridized carbons (Fsp3) is 0.300. The van der Waals surface area contributed by atoms with Gasteiger partial charge in [-0.05, 0) is 31.3 Å². The molecule has 0 amide bonds. The second-order valence-corrected chi connectivity index (χ2v) is 3.92. The predicted molar refractivity (Wildman–Crippen MR) is 63.0 cm³/mol. The summed E-state index contributed by atoms with van der Waals surface area (Å²) < 4.78 is 1.64. The highest BCUT2D eigenvalue weighted by Crippen LogP contribution is 2.06. The fourth-order valence-corrected chi connectivity index (χ4v) is 1.90. The molecule has 0 fully saturated rings. The molecule has 0 saturated heterocycles. The smallest absolute Gasteiger partial charge is 0.264 e. The number of hydrogen-bond acceptors (Lipinski definition) is 4. The van der Waals surface area contributed by atoms with Gasteiger partial charge in [0, 0.05) is 6.20 Å². The van der Waals surface area contributed by atoms with Crippen molar-refractivity contribution in [2.75, 3.05) is 6.61 Å². The minimum Gasteiger partial charge on any atom is -0.394 e. The lowest BCUT2D eigenvalue weighted by Gasteiger charge is -2.12. The molecular formula is C10H11N3O2S. The van der Waals surface area contributed by atoms with Crippen molar-refractivity contribution in [1.29, 1.82) is 0 Å². The monoisotopic (exact) mass is 237 g/mol. The molecule has 0 spiro atoms. The van der Waals surface area contributed by atoms with E-state index in [1.54, 1.807) is 25.3 Å². The van der Waals surface area contributed by atoms with Gasteiger partial charge in [-0.15, -0.1) is 0 Å². The highest BCUT2D eigenvalue weighted by atomic mass is 32.1. The molecule has 84 valence electrons. The minimum absolute atomic E-state index is 0.136. The Labute approximate surface area is 96.4 Å². The van der Waals surface area contributed by atoms with Gasteiger partial charge in [-0.1, -0.05) is 0 Å². The van der Waals surface area contributed by atoms with Crippen LogP contribution in [0.2, 0.25) is 0 Å². The van der Waals surface area contributed by atoms with Crippen LogP contribution in [0, 0.1) is 4.77 Å². The lowest BCUT2D eigenvalue weighted by atomic mass is 10.3. The van der Waals surface area contributed by atoms with E-state index in [2.05, 4.69) is 9.97 Å². The van der Waals surface area contributed by atoms with Crippen LogP contribution in [0.15, 0.2) is 23.1 Å². The zero-order valence-corrected chi connectivity index (χ0v) is 9.49. The maximum atomic E-state index is 12.1. The number of aromatic nitrogens is 3. The van der Waals surface area contributed by atoms with E-state index in [4.69, 9.17) is 17.3 Å². The quantitative estimate of drug-likeness (QED) is 0.765. The van der Waals surface area contributed by atoms with Gasteiger partial charge in [0.15, 0.2) is 4.77 Å². The van der Waals surface area contributed by atoms with Gasteiger partial charge in [-0.25, -0.2) is 4.98 Å². The van der Waals surface area contributed by atoms with Crippen molar-refractivity contribution in [2.24, 2.45) is 0 Å². The minimum atomic E-state index is -0.346. The van der Waals surface area contributed by atoms with Crippen molar-refractivity contribution in [3.8, 4) is 0 Å². The molecule has 0 unspecified atom stereocenters. The average molecular weight is 237 g/mol. The summed E-state index contributed by atoms with van der Waals surface area (Å²) in [6, 6.07) is 3.02. The molecule has 2 N–H and O–H groups in total. The SMILES string of the molecule is C[C@@H](CO)n1c(=S)[nH]c2ncccc2c1=O. The van der Waals surface area contributed by atoms with Gasteiger partial charge in [0.1, 0.15) is 5.65 Å². The van der Waals surface area contributed by atoms with E-state index in [1.165, 1.54) is 4.57 Å². The first kappa shape index (κ1) is 11.0. The Hall–Kier alpha value is -1.53. The van der Waals surface area contributed by atoms with Crippen LogP contribution in [0.1, 0.15) is 13.0 Å². The van der Waals surface area contributed by atoms with Crippen molar-refractivity contribution in [2.45, 2.75) is 13.0 Å². The molecule has 16 heavy (non-hydrogen) atoms. The van der Waals surface area contributed by atoms with Crippen molar-refractivity contribution in [3.05, 3.63) is 33.5 Å². The molecule has 0 radical (unpaired) electrons. The van der Waals surface area contributed by atoms with Crippen LogP contribution in [0.3, 0.4) is 0 Å². The first-order valence-corrected chi connectivity index (χ1v) is 5.26. The van der Waals surface area contributed by atoms with Crippen LogP contribution in [-0.4, -0.2) is 26.2 Å². The Morgan fingerprint density at radius 2 is 2.44 bits per heavy atom. The molecule has 2 aromatic heterocycles. The van der Waals surface area contributed by atoms with E-state index < -0.39 is 0 Å². The Morgan fingerprint density at radius 1 is 1.69 bits per heavy atom. The number of aliphatic hydroxyl groups is 1. The van der Waals surface area contributed by atoms with Crippen LogP contribution < -0.4 is 5.56 Å². The summed E-state index contributed by atoms with van der Waals surface area (Å²) >= 11 is 5.07. The molecule has 2 aromatic rings. The predicted octanol–water partition coefficient (Wildman–Crippen LogP) is 1.01. The van der Waals surface area contributed by atoms with Gasteiger partial charge >= 0.3 is 0 Å². The highest BCUT2D eigenvalue weighted by molar-refractivity contribution is 7.71. The fourth-order valence-electron chi connectivity index (χ4n) is 1.54. The molecule has 0 aliphatic carbocycles. The van der Waals surface area contributed by atoms with Gasteiger partial charge in [-0.2, -0.15) is 0 Å². The lowest BCUT2D eigenvalue weighted by molar-refractivity contribution is 0.234. The molecular weight excluding hydrogens is 226 g/mol.